The van der Waals surface area contributed by atoms with Crippen LogP contribution in [0.1, 0.15) is 5.56 Å². The molecule has 128 valence electrons. The highest BCUT2D eigenvalue weighted by molar-refractivity contribution is 9.10. The molecule has 0 unspecified atom stereocenters. The molecule has 0 spiro atoms. The van der Waals surface area contributed by atoms with Crippen LogP contribution in [-0.4, -0.2) is 23.4 Å². The highest BCUT2D eigenvalue weighted by Crippen LogP contribution is 2.35. The normalized spacial score (nSPS) is 14.7. The van der Waals surface area contributed by atoms with Gasteiger partial charge in [-0.3, -0.25) is 4.31 Å². The number of sulfonamides is 2. The van der Waals surface area contributed by atoms with Gasteiger partial charge in [-0.05, 0) is 48.4 Å². The Morgan fingerprint density at radius 3 is 2.46 bits per heavy atom. The van der Waals surface area contributed by atoms with E-state index in [1.54, 1.807) is 0 Å². The number of benzene rings is 2. The molecular weight excluding hydrogens is 423 g/mol. The molecule has 2 N–H and O–H groups in total. The Morgan fingerprint density at radius 1 is 1.08 bits per heavy atom. The lowest BCUT2D eigenvalue weighted by molar-refractivity contribution is 0.564. The zero-order chi connectivity index (χ0) is 17.7. The smallest absolute Gasteiger partial charge is 0.266 e. The summed E-state index contributed by atoms with van der Waals surface area (Å²) in [6.45, 7) is 0.0949. The second-order valence-corrected chi connectivity index (χ2v) is 9.55. The largest absolute Gasteiger partial charge is 0.267 e. The number of rotatable bonds is 3. The van der Waals surface area contributed by atoms with Crippen molar-refractivity contribution in [1.29, 1.82) is 0 Å². The van der Waals surface area contributed by atoms with Crippen molar-refractivity contribution in [2.75, 3.05) is 10.8 Å². The fourth-order valence-corrected chi connectivity index (χ4v) is 5.24. The molecule has 0 fully saturated rings. The van der Waals surface area contributed by atoms with E-state index in [2.05, 4.69) is 15.9 Å². The van der Waals surface area contributed by atoms with Gasteiger partial charge in [0.25, 0.3) is 10.0 Å². The van der Waals surface area contributed by atoms with Gasteiger partial charge >= 0.3 is 0 Å². The highest BCUT2D eigenvalue weighted by Gasteiger charge is 2.33. The number of halogens is 2. The molecular formula is C14H12BrFN2O4S2. The van der Waals surface area contributed by atoms with Gasteiger partial charge in [-0.2, -0.15) is 0 Å². The molecule has 0 saturated heterocycles. The molecule has 1 heterocycles. The monoisotopic (exact) mass is 434 g/mol. The van der Waals surface area contributed by atoms with Crippen LogP contribution < -0.4 is 9.44 Å². The van der Waals surface area contributed by atoms with Crippen molar-refractivity contribution >= 4 is 41.7 Å². The predicted molar refractivity (Wildman–Crippen MR) is 90.2 cm³/mol. The van der Waals surface area contributed by atoms with Gasteiger partial charge in [0.2, 0.25) is 10.0 Å². The van der Waals surface area contributed by atoms with Gasteiger partial charge in [0, 0.05) is 11.0 Å². The zero-order valence-corrected chi connectivity index (χ0v) is 15.3. The Hall–Kier alpha value is -1.49. The predicted octanol–water partition coefficient (Wildman–Crippen LogP) is 1.99. The van der Waals surface area contributed by atoms with Crippen molar-refractivity contribution in [1.82, 2.24) is 0 Å². The van der Waals surface area contributed by atoms with Gasteiger partial charge in [0.1, 0.15) is 10.7 Å². The standard InChI is InChI=1S/C14H12BrFN2O4S2/c15-10-1-3-12(16)14(8-10)24(21,22)18-6-5-9-7-11(23(17,19)20)2-4-13(9)18/h1-4,7-8H,5-6H2,(H2,17,19,20). The molecule has 0 radical (unpaired) electrons. The lowest BCUT2D eigenvalue weighted by Crippen LogP contribution is -2.29. The van der Waals surface area contributed by atoms with Crippen molar-refractivity contribution in [3.05, 3.63) is 52.3 Å². The summed E-state index contributed by atoms with van der Waals surface area (Å²) in [6.07, 6.45) is 0.313. The van der Waals surface area contributed by atoms with Gasteiger partial charge in [-0.1, -0.05) is 15.9 Å². The summed E-state index contributed by atoms with van der Waals surface area (Å²) in [5.41, 5.74) is 0.849. The molecule has 10 heteroatoms. The van der Waals surface area contributed by atoms with Crippen LogP contribution >= 0.6 is 15.9 Å². The fraction of sp³-hybridized carbons (Fsp3) is 0.143. The molecule has 0 amide bonds. The topological polar surface area (TPSA) is 97.5 Å². The first-order valence-electron chi connectivity index (χ1n) is 6.74. The van der Waals surface area contributed by atoms with Crippen LogP contribution in [0.15, 0.2) is 50.7 Å². The van der Waals surface area contributed by atoms with Crippen molar-refractivity contribution in [3.8, 4) is 0 Å². The molecule has 24 heavy (non-hydrogen) atoms. The van der Waals surface area contributed by atoms with Crippen molar-refractivity contribution < 1.29 is 21.2 Å². The van der Waals surface area contributed by atoms with E-state index in [0.29, 0.717) is 22.1 Å². The van der Waals surface area contributed by atoms with E-state index in [9.17, 15) is 21.2 Å². The summed E-state index contributed by atoms with van der Waals surface area (Å²) in [5, 5.41) is 5.08. The quantitative estimate of drug-likeness (QED) is 0.798. The second-order valence-electron chi connectivity index (χ2n) is 5.24. The average molecular weight is 435 g/mol. The number of hydrogen-bond donors (Lipinski definition) is 1. The van der Waals surface area contributed by atoms with Crippen LogP contribution in [-0.2, 0) is 26.5 Å². The summed E-state index contributed by atoms with van der Waals surface area (Å²) in [7, 11) is -7.98. The van der Waals surface area contributed by atoms with Gasteiger partial charge in [0.05, 0.1) is 10.6 Å². The molecule has 0 aliphatic carbocycles. The Bertz CT molecular complexity index is 1040. The van der Waals surface area contributed by atoms with Crippen LogP contribution in [0.3, 0.4) is 0 Å². The van der Waals surface area contributed by atoms with Crippen molar-refractivity contribution in [3.63, 3.8) is 0 Å². The van der Waals surface area contributed by atoms with E-state index in [4.69, 9.17) is 5.14 Å². The first-order chi connectivity index (χ1) is 11.1. The number of primary sulfonamides is 1. The van der Waals surface area contributed by atoms with Gasteiger partial charge < -0.3 is 0 Å². The Labute approximate surface area is 147 Å². The molecule has 2 aromatic rings. The van der Waals surface area contributed by atoms with Crippen LogP contribution in [0.4, 0.5) is 10.1 Å². The van der Waals surface area contributed by atoms with E-state index in [1.165, 1.54) is 30.3 Å². The first-order valence-corrected chi connectivity index (χ1v) is 10.5. The van der Waals surface area contributed by atoms with Crippen LogP contribution in [0.25, 0.3) is 0 Å². The van der Waals surface area contributed by atoms with E-state index >= 15 is 0 Å². The number of anilines is 1. The third-order valence-electron chi connectivity index (χ3n) is 3.69. The number of hydrogen-bond acceptors (Lipinski definition) is 4. The van der Waals surface area contributed by atoms with Crippen molar-refractivity contribution in [2.45, 2.75) is 16.2 Å². The van der Waals surface area contributed by atoms with Gasteiger partial charge in [-0.15, -0.1) is 0 Å². The third-order valence-corrected chi connectivity index (χ3v) is 6.93. The maximum Gasteiger partial charge on any atom is 0.267 e. The van der Waals surface area contributed by atoms with Crippen LogP contribution in [0.2, 0.25) is 0 Å². The molecule has 3 rings (SSSR count). The maximum atomic E-state index is 14.0. The van der Waals surface area contributed by atoms with Gasteiger partial charge in [-0.25, -0.2) is 26.4 Å². The van der Waals surface area contributed by atoms with Gasteiger partial charge in [0.15, 0.2) is 0 Å². The molecule has 1 aliphatic heterocycles. The number of nitrogens with zero attached hydrogens (tertiary/aromatic N) is 1. The fourth-order valence-electron chi connectivity index (χ4n) is 2.57. The minimum Gasteiger partial charge on any atom is -0.266 e. The molecule has 0 bridgehead atoms. The minimum atomic E-state index is -4.11. The summed E-state index contributed by atoms with van der Waals surface area (Å²) in [4.78, 5) is -0.533. The Morgan fingerprint density at radius 2 is 1.79 bits per heavy atom. The summed E-state index contributed by atoms with van der Waals surface area (Å²) in [6, 6.07) is 7.62. The minimum absolute atomic E-state index is 0.0888. The number of fused-ring (bicyclic) bond motifs is 1. The molecule has 1 aliphatic rings. The Kier molecular flexibility index (Phi) is 4.19. The highest BCUT2D eigenvalue weighted by atomic mass is 79.9. The number of nitrogens with two attached hydrogens (primary N) is 1. The summed E-state index contributed by atoms with van der Waals surface area (Å²) < 4.78 is 63.9. The average Bonchev–Trinajstić information content (AvgIpc) is 2.92. The first kappa shape index (κ1) is 17.3. The molecule has 0 atom stereocenters. The maximum absolute atomic E-state index is 14.0. The lowest BCUT2D eigenvalue weighted by Gasteiger charge is -2.20. The molecule has 2 aromatic carbocycles. The zero-order valence-electron chi connectivity index (χ0n) is 12.1. The Balaban J connectivity index is 2.09. The van der Waals surface area contributed by atoms with Crippen LogP contribution in [0.5, 0.6) is 0 Å². The molecule has 0 saturated carbocycles. The van der Waals surface area contributed by atoms with E-state index in [1.807, 2.05) is 0 Å². The lowest BCUT2D eigenvalue weighted by atomic mass is 10.2. The van der Waals surface area contributed by atoms with E-state index in [-0.39, 0.29) is 11.4 Å². The van der Waals surface area contributed by atoms with Crippen molar-refractivity contribution in [2.24, 2.45) is 5.14 Å². The summed E-state index contributed by atoms with van der Waals surface area (Å²) >= 11 is 3.13. The SMILES string of the molecule is NS(=O)(=O)c1ccc2c(c1)CCN2S(=O)(=O)c1cc(Br)ccc1F. The third kappa shape index (κ3) is 2.94. The van der Waals surface area contributed by atoms with Crippen LogP contribution in [0, 0.1) is 5.82 Å². The second kappa shape index (κ2) is 5.80. The molecule has 0 aromatic heterocycles. The van der Waals surface area contributed by atoms with E-state index in [0.717, 1.165) is 10.4 Å². The van der Waals surface area contributed by atoms with E-state index < -0.39 is 30.8 Å². The molecule has 6 nitrogen and oxygen atoms in total. The summed E-state index contributed by atoms with van der Waals surface area (Å²) in [5.74, 6) is -0.854.